The standard InChI is InChI=1S/C20H25BrN4O/c1-2-24-11-13-25(14-12-24)19-9-7-18(8-10-19)23-20(26)15-22-17-5-3-16(21)4-6-17/h3-10,22H,2,11-15H2,1H3,(H,23,26)/p+1. The summed E-state index contributed by atoms with van der Waals surface area (Å²) in [6.07, 6.45) is 0. The van der Waals surface area contributed by atoms with Gasteiger partial charge in [-0.15, -0.1) is 0 Å². The molecule has 1 aliphatic rings. The summed E-state index contributed by atoms with van der Waals surface area (Å²) >= 11 is 3.40. The minimum atomic E-state index is -0.0548. The number of carbonyl (C=O) groups is 1. The number of rotatable bonds is 6. The van der Waals surface area contributed by atoms with Gasteiger partial charge in [0, 0.05) is 21.5 Å². The van der Waals surface area contributed by atoms with E-state index in [1.54, 1.807) is 4.90 Å². The monoisotopic (exact) mass is 417 g/mol. The van der Waals surface area contributed by atoms with Gasteiger partial charge in [0.05, 0.1) is 39.3 Å². The molecule has 0 unspecified atom stereocenters. The van der Waals surface area contributed by atoms with E-state index in [1.165, 1.54) is 25.3 Å². The Morgan fingerprint density at radius 1 is 1.04 bits per heavy atom. The molecule has 1 saturated heterocycles. The molecule has 0 atom stereocenters. The van der Waals surface area contributed by atoms with E-state index in [0.717, 1.165) is 28.9 Å². The van der Waals surface area contributed by atoms with E-state index < -0.39 is 0 Å². The maximum atomic E-state index is 12.1. The maximum Gasteiger partial charge on any atom is 0.243 e. The van der Waals surface area contributed by atoms with Crippen LogP contribution in [0.4, 0.5) is 17.1 Å². The van der Waals surface area contributed by atoms with E-state index in [4.69, 9.17) is 0 Å². The van der Waals surface area contributed by atoms with Gasteiger partial charge in [0.2, 0.25) is 5.91 Å². The molecule has 0 spiro atoms. The largest absolute Gasteiger partial charge is 0.376 e. The van der Waals surface area contributed by atoms with Crippen LogP contribution in [-0.4, -0.2) is 45.2 Å². The Morgan fingerprint density at radius 2 is 1.65 bits per heavy atom. The van der Waals surface area contributed by atoms with Gasteiger partial charge in [0.1, 0.15) is 0 Å². The third-order valence-corrected chi connectivity index (χ3v) is 5.31. The van der Waals surface area contributed by atoms with Crippen molar-refractivity contribution in [2.75, 3.05) is 54.8 Å². The third-order valence-electron chi connectivity index (χ3n) is 4.78. The lowest BCUT2D eigenvalue weighted by Gasteiger charge is -2.33. The molecule has 0 saturated carbocycles. The number of hydrogen-bond donors (Lipinski definition) is 3. The second-order valence-corrected chi connectivity index (χ2v) is 7.46. The predicted octanol–water partition coefficient (Wildman–Crippen LogP) is 2.22. The molecule has 138 valence electrons. The highest BCUT2D eigenvalue weighted by Gasteiger charge is 2.18. The molecule has 0 aliphatic carbocycles. The fourth-order valence-electron chi connectivity index (χ4n) is 3.15. The van der Waals surface area contributed by atoms with E-state index in [9.17, 15) is 4.79 Å². The highest BCUT2D eigenvalue weighted by atomic mass is 79.9. The second kappa shape index (κ2) is 9.05. The van der Waals surface area contributed by atoms with Gasteiger partial charge < -0.3 is 20.4 Å². The Hall–Kier alpha value is -2.05. The molecule has 1 aliphatic heterocycles. The number of halogens is 1. The summed E-state index contributed by atoms with van der Waals surface area (Å²) in [4.78, 5) is 16.2. The zero-order valence-corrected chi connectivity index (χ0v) is 16.7. The molecule has 3 rings (SSSR count). The van der Waals surface area contributed by atoms with Crippen LogP contribution < -0.4 is 20.4 Å². The van der Waals surface area contributed by atoms with Crippen LogP contribution in [0.2, 0.25) is 0 Å². The zero-order valence-electron chi connectivity index (χ0n) is 15.1. The van der Waals surface area contributed by atoms with Crippen molar-refractivity contribution < 1.29 is 9.69 Å². The third kappa shape index (κ3) is 5.22. The number of piperazine rings is 1. The van der Waals surface area contributed by atoms with Gasteiger partial charge in [-0.1, -0.05) is 15.9 Å². The van der Waals surface area contributed by atoms with E-state index >= 15 is 0 Å². The average Bonchev–Trinajstić information content (AvgIpc) is 2.68. The van der Waals surface area contributed by atoms with Crippen LogP contribution in [0, 0.1) is 0 Å². The highest BCUT2D eigenvalue weighted by Crippen LogP contribution is 2.18. The van der Waals surface area contributed by atoms with Crippen molar-refractivity contribution >= 4 is 38.9 Å². The van der Waals surface area contributed by atoms with Crippen molar-refractivity contribution in [3.05, 3.63) is 53.0 Å². The van der Waals surface area contributed by atoms with Gasteiger partial charge in [-0.2, -0.15) is 0 Å². The van der Waals surface area contributed by atoms with Crippen LogP contribution in [0.5, 0.6) is 0 Å². The van der Waals surface area contributed by atoms with Crippen molar-refractivity contribution in [1.82, 2.24) is 0 Å². The molecular weight excluding hydrogens is 392 g/mol. The molecule has 0 aromatic heterocycles. The highest BCUT2D eigenvalue weighted by molar-refractivity contribution is 9.10. The number of quaternary nitrogens is 1. The Labute approximate surface area is 163 Å². The summed E-state index contributed by atoms with van der Waals surface area (Å²) in [7, 11) is 0. The lowest BCUT2D eigenvalue weighted by molar-refractivity contribution is -0.898. The molecular formula is C20H26BrN4O+. The quantitative estimate of drug-likeness (QED) is 0.675. The fraction of sp³-hybridized carbons (Fsp3) is 0.350. The van der Waals surface area contributed by atoms with Crippen molar-refractivity contribution in [2.45, 2.75) is 6.92 Å². The number of carbonyl (C=O) groups excluding carboxylic acids is 1. The second-order valence-electron chi connectivity index (χ2n) is 6.55. The molecule has 5 nitrogen and oxygen atoms in total. The summed E-state index contributed by atoms with van der Waals surface area (Å²) in [6.45, 7) is 8.25. The number of nitrogens with zero attached hydrogens (tertiary/aromatic N) is 1. The molecule has 0 bridgehead atoms. The maximum absolute atomic E-state index is 12.1. The molecule has 1 fully saturated rings. The number of nitrogens with one attached hydrogen (secondary N) is 3. The first kappa shape index (κ1) is 18.7. The van der Waals surface area contributed by atoms with Crippen molar-refractivity contribution in [2.24, 2.45) is 0 Å². The Bertz CT molecular complexity index is 710. The minimum Gasteiger partial charge on any atom is -0.376 e. The van der Waals surface area contributed by atoms with Crippen LogP contribution >= 0.6 is 15.9 Å². The molecule has 26 heavy (non-hydrogen) atoms. The van der Waals surface area contributed by atoms with E-state index in [2.05, 4.69) is 50.5 Å². The van der Waals surface area contributed by atoms with Crippen LogP contribution in [0.1, 0.15) is 6.92 Å². The van der Waals surface area contributed by atoms with Crippen LogP contribution in [0.15, 0.2) is 53.0 Å². The molecule has 1 amide bonds. The molecule has 0 radical (unpaired) electrons. The first-order valence-electron chi connectivity index (χ1n) is 9.12. The summed E-state index contributed by atoms with van der Waals surface area (Å²) in [5.41, 5.74) is 2.98. The van der Waals surface area contributed by atoms with Gasteiger partial charge in [-0.25, -0.2) is 0 Å². The molecule has 2 aromatic carbocycles. The number of hydrogen-bond acceptors (Lipinski definition) is 3. The topological polar surface area (TPSA) is 48.8 Å². The number of anilines is 3. The zero-order chi connectivity index (χ0) is 18.4. The van der Waals surface area contributed by atoms with Crippen molar-refractivity contribution in [1.29, 1.82) is 0 Å². The average molecular weight is 418 g/mol. The smallest absolute Gasteiger partial charge is 0.243 e. The van der Waals surface area contributed by atoms with Crippen LogP contribution in [-0.2, 0) is 4.79 Å². The lowest BCUT2D eigenvalue weighted by Crippen LogP contribution is -3.14. The Morgan fingerprint density at radius 3 is 2.27 bits per heavy atom. The van der Waals surface area contributed by atoms with Crippen LogP contribution in [0.3, 0.4) is 0 Å². The summed E-state index contributed by atoms with van der Waals surface area (Å²) in [5.74, 6) is -0.0548. The van der Waals surface area contributed by atoms with Crippen LogP contribution in [0.25, 0.3) is 0 Å². The summed E-state index contributed by atoms with van der Waals surface area (Å²) < 4.78 is 1.02. The minimum absolute atomic E-state index is 0.0548. The van der Waals surface area contributed by atoms with E-state index in [0.29, 0.717) is 0 Å². The molecule has 3 N–H and O–H groups in total. The van der Waals surface area contributed by atoms with Gasteiger partial charge in [0.25, 0.3) is 0 Å². The Balaban J connectivity index is 1.47. The fourth-order valence-corrected chi connectivity index (χ4v) is 3.41. The van der Waals surface area contributed by atoms with Gasteiger partial charge in [-0.3, -0.25) is 4.79 Å². The molecule has 1 heterocycles. The van der Waals surface area contributed by atoms with E-state index in [-0.39, 0.29) is 12.5 Å². The molecule has 2 aromatic rings. The summed E-state index contributed by atoms with van der Waals surface area (Å²) in [6, 6.07) is 15.9. The Kier molecular flexibility index (Phi) is 6.52. The normalized spacial score (nSPS) is 14.9. The molecule has 6 heteroatoms. The number of likely N-dealkylation sites (N-methyl/N-ethyl adjacent to an activating group) is 1. The number of amides is 1. The van der Waals surface area contributed by atoms with Crippen molar-refractivity contribution in [3.8, 4) is 0 Å². The predicted molar refractivity (Wildman–Crippen MR) is 111 cm³/mol. The van der Waals surface area contributed by atoms with E-state index in [1.807, 2.05) is 36.4 Å². The van der Waals surface area contributed by atoms with Gasteiger partial charge in [-0.05, 0) is 55.5 Å². The van der Waals surface area contributed by atoms with Gasteiger partial charge in [0.15, 0.2) is 0 Å². The first-order valence-corrected chi connectivity index (χ1v) is 9.91. The lowest BCUT2D eigenvalue weighted by atomic mass is 10.2. The van der Waals surface area contributed by atoms with Gasteiger partial charge >= 0.3 is 0 Å². The number of benzene rings is 2. The SMILES string of the molecule is CC[NH+]1CCN(c2ccc(NC(=O)CNc3ccc(Br)cc3)cc2)CC1. The van der Waals surface area contributed by atoms with Crippen molar-refractivity contribution in [3.63, 3.8) is 0 Å². The first-order chi connectivity index (χ1) is 12.6. The summed E-state index contributed by atoms with van der Waals surface area (Å²) in [5, 5.41) is 6.06.